The van der Waals surface area contributed by atoms with Crippen molar-refractivity contribution < 1.29 is 22.9 Å². The lowest BCUT2D eigenvalue weighted by Gasteiger charge is -2.16. The number of aryl methyl sites for hydroxylation is 1. The van der Waals surface area contributed by atoms with Crippen molar-refractivity contribution in [2.45, 2.75) is 18.2 Å². The van der Waals surface area contributed by atoms with Gasteiger partial charge in [-0.3, -0.25) is 14.9 Å². The summed E-state index contributed by atoms with van der Waals surface area (Å²) in [6.45, 7) is 1.54. The SMILES string of the molecule is COc1ccccc1C(=O)c1c(Cc2cn(C)c3ccc([N+](=O)[O-])cc23)ccc(S(N)(=O)=O)c1C. The summed E-state index contributed by atoms with van der Waals surface area (Å²) in [5.74, 6) is -0.0590. The van der Waals surface area contributed by atoms with Crippen molar-refractivity contribution in [3.8, 4) is 5.75 Å². The van der Waals surface area contributed by atoms with E-state index in [0.29, 0.717) is 16.7 Å². The van der Waals surface area contributed by atoms with Crippen LogP contribution in [-0.2, 0) is 23.5 Å². The van der Waals surface area contributed by atoms with Gasteiger partial charge in [-0.1, -0.05) is 18.2 Å². The van der Waals surface area contributed by atoms with Crippen LogP contribution < -0.4 is 9.88 Å². The van der Waals surface area contributed by atoms with E-state index in [0.717, 1.165) is 11.1 Å². The number of rotatable bonds is 7. The first kappa shape index (κ1) is 24.1. The number of hydrogen-bond donors (Lipinski definition) is 1. The molecule has 0 aliphatic carbocycles. The Bertz CT molecular complexity index is 1610. The molecule has 0 radical (unpaired) electrons. The standard InChI is InChI=1S/C25H23N3O6S/c1-15-23(35(26,32)33)11-8-16(24(15)25(29)19-6-4-5-7-22(19)34-3)12-17-14-27(2)21-10-9-18(28(30)31)13-20(17)21/h4-11,13-14H,12H2,1-3H3,(H2,26,32,33). The number of primary sulfonamides is 1. The van der Waals surface area contributed by atoms with Crippen LogP contribution in [0.2, 0.25) is 0 Å². The van der Waals surface area contributed by atoms with E-state index >= 15 is 0 Å². The number of methoxy groups -OCH3 is 1. The minimum Gasteiger partial charge on any atom is -0.496 e. The van der Waals surface area contributed by atoms with Crippen LogP contribution in [0.15, 0.2) is 65.7 Å². The third-order valence-corrected chi connectivity index (χ3v) is 7.09. The summed E-state index contributed by atoms with van der Waals surface area (Å²) in [6, 6.07) is 14.2. The van der Waals surface area contributed by atoms with Gasteiger partial charge in [-0.25, -0.2) is 13.6 Å². The molecule has 180 valence electrons. The van der Waals surface area contributed by atoms with Gasteiger partial charge in [0.2, 0.25) is 10.0 Å². The van der Waals surface area contributed by atoms with Crippen LogP contribution in [0, 0.1) is 17.0 Å². The number of sulfonamides is 1. The van der Waals surface area contributed by atoms with Gasteiger partial charge in [-0.15, -0.1) is 0 Å². The first-order chi connectivity index (χ1) is 16.5. The van der Waals surface area contributed by atoms with Crippen LogP contribution in [0.3, 0.4) is 0 Å². The van der Waals surface area contributed by atoms with Crippen LogP contribution in [0.1, 0.15) is 32.6 Å². The zero-order valence-electron chi connectivity index (χ0n) is 19.3. The molecule has 0 aliphatic heterocycles. The molecule has 1 aromatic heterocycles. The Morgan fingerprint density at radius 1 is 1.11 bits per heavy atom. The Morgan fingerprint density at radius 2 is 1.83 bits per heavy atom. The summed E-state index contributed by atoms with van der Waals surface area (Å²) in [5, 5.41) is 17.4. The number of nitrogens with two attached hydrogens (primary N) is 1. The molecule has 0 aliphatic rings. The largest absolute Gasteiger partial charge is 0.496 e. The number of nitro benzene ring substituents is 1. The van der Waals surface area contributed by atoms with E-state index in [1.54, 1.807) is 43.3 Å². The molecule has 0 amide bonds. The maximum Gasteiger partial charge on any atom is 0.270 e. The number of hydrogen-bond acceptors (Lipinski definition) is 6. The molecular weight excluding hydrogens is 470 g/mol. The second kappa shape index (κ2) is 8.97. The highest BCUT2D eigenvalue weighted by atomic mass is 32.2. The summed E-state index contributed by atoms with van der Waals surface area (Å²) in [7, 11) is -0.810. The predicted octanol–water partition coefficient (Wildman–Crippen LogP) is 3.87. The molecule has 0 unspecified atom stereocenters. The van der Waals surface area contributed by atoms with Gasteiger partial charge in [0.25, 0.3) is 5.69 Å². The van der Waals surface area contributed by atoms with Crippen LogP contribution in [0.25, 0.3) is 10.9 Å². The molecule has 4 aromatic rings. The van der Waals surface area contributed by atoms with E-state index in [1.807, 2.05) is 17.8 Å². The third kappa shape index (κ3) is 4.41. The summed E-state index contributed by atoms with van der Waals surface area (Å²) in [6.07, 6.45) is 2.08. The first-order valence-electron chi connectivity index (χ1n) is 10.6. The van der Waals surface area contributed by atoms with Crippen LogP contribution >= 0.6 is 0 Å². The van der Waals surface area contributed by atoms with Gasteiger partial charge in [0.05, 0.1) is 22.5 Å². The predicted molar refractivity (Wildman–Crippen MR) is 131 cm³/mol. The maximum atomic E-state index is 13.7. The van der Waals surface area contributed by atoms with Gasteiger partial charge in [-0.05, 0) is 47.9 Å². The molecule has 2 N–H and O–H groups in total. The minimum atomic E-state index is -4.09. The average molecular weight is 494 g/mol. The van der Waals surface area contributed by atoms with Gasteiger partial charge < -0.3 is 9.30 Å². The van der Waals surface area contributed by atoms with E-state index in [2.05, 4.69) is 0 Å². The average Bonchev–Trinajstić information content (AvgIpc) is 3.12. The number of para-hydroxylation sites is 1. The van der Waals surface area contributed by atoms with Crippen LogP contribution in [0.4, 0.5) is 5.69 Å². The number of nitro groups is 1. The van der Waals surface area contributed by atoms with E-state index in [9.17, 15) is 23.3 Å². The van der Waals surface area contributed by atoms with Crippen LogP contribution in [-0.4, -0.2) is 30.8 Å². The second-order valence-corrected chi connectivity index (χ2v) is 9.73. The van der Waals surface area contributed by atoms with Crippen molar-refractivity contribution in [1.82, 2.24) is 4.57 Å². The molecule has 4 rings (SSSR count). The number of benzene rings is 3. The Kier molecular flexibility index (Phi) is 6.18. The lowest BCUT2D eigenvalue weighted by atomic mass is 9.90. The highest BCUT2D eigenvalue weighted by Gasteiger charge is 2.25. The number of nitrogens with zero attached hydrogens (tertiary/aromatic N) is 2. The number of aromatic nitrogens is 1. The Balaban J connectivity index is 1.94. The molecule has 9 nitrogen and oxygen atoms in total. The van der Waals surface area contributed by atoms with E-state index in [1.165, 1.54) is 25.3 Å². The fourth-order valence-electron chi connectivity index (χ4n) is 4.41. The van der Waals surface area contributed by atoms with Crippen molar-refractivity contribution in [2.75, 3.05) is 7.11 Å². The van der Waals surface area contributed by atoms with E-state index in [4.69, 9.17) is 9.88 Å². The maximum absolute atomic E-state index is 13.7. The van der Waals surface area contributed by atoms with Gasteiger partial charge in [0.15, 0.2) is 5.78 Å². The summed E-state index contributed by atoms with van der Waals surface area (Å²) in [5.41, 5.74) is 2.76. The number of carbonyl (C=O) groups is 1. The number of ketones is 1. The fraction of sp³-hybridized carbons (Fsp3) is 0.160. The smallest absolute Gasteiger partial charge is 0.270 e. The quantitative estimate of drug-likeness (QED) is 0.236. The van der Waals surface area contributed by atoms with Crippen molar-refractivity contribution in [3.63, 3.8) is 0 Å². The third-order valence-electron chi connectivity index (χ3n) is 6.03. The second-order valence-electron chi connectivity index (χ2n) is 8.20. The molecule has 0 bridgehead atoms. The van der Waals surface area contributed by atoms with Crippen molar-refractivity contribution >= 4 is 32.4 Å². The zero-order chi connectivity index (χ0) is 25.5. The Hall–Kier alpha value is -4.02. The highest BCUT2D eigenvalue weighted by Crippen LogP contribution is 2.32. The lowest BCUT2D eigenvalue weighted by molar-refractivity contribution is -0.384. The molecule has 0 fully saturated rings. The highest BCUT2D eigenvalue weighted by molar-refractivity contribution is 7.89. The molecule has 0 saturated carbocycles. The number of fused-ring (bicyclic) bond motifs is 1. The lowest BCUT2D eigenvalue weighted by Crippen LogP contribution is -2.18. The summed E-state index contributed by atoms with van der Waals surface area (Å²) >= 11 is 0. The topological polar surface area (TPSA) is 135 Å². The molecule has 3 aromatic carbocycles. The number of carbonyl (C=O) groups excluding carboxylic acids is 1. The van der Waals surface area contributed by atoms with Crippen LogP contribution in [0.5, 0.6) is 5.75 Å². The van der Waals surface area contributed by atoms with Gasteiger partial charge in [-0.2, -0.15) is 0 Å². The molecule has 10 heteroatoms. The van der Waals surface area contributed by atoms with Crippen molar-refractivity contribution in [2.24, 2.45) is 12.2 Å². The number of non-ortho nitro benzene ring substituents is 1. The fourth-order valence-corrected chi connectivity index (χ4v) is 5.20. The molecule has 0 saturated heterocycles. The molecule has 0 spiro atoms. The van der Waals surface area contributed by atoms with Gasteiger partial charge >= 0.3 is 0 Å². The monoisotopic (exact) mass is 493 g/mol. The van der Waals surface area contributed by atoms with E-state index in [-0.39, 0.29) is 33.7 Å². The molecule has 1 heterocycles. The van der Waals surface area contributed by atoms with E-state index < -0.39 is 20.7 Å². The van der Waals surface area contributed by atoms with Gasteiger partial charge in [0.1, 0.15) is 5.75 Å². The van der Waals surface area contributed by atoms with Gasteiger partial charge in [0, 0.05) is 48.3 Å². The summed E-state index contributed by atoms with van der Waals surface area (Å²) < 4.78 is 31.6. The molecule has 35 heavy (non-hydrogen) atoms. The first-order valence-corrected chi connectivity index (χ1v) is 12.1. The van der Waals surface area contributed by atoms with Crippen molar-refractivity contribution in [1.29, 1.82) is 0 Å². The summed E-state index contributed by atoms with van der Waals surface area (Å²) in [4.78, 5) is 24.5. The number of ether oxygens (including phenoxy) is 1. The zero-order valence-corrected chi connectivity index (χ0v) is 20.1. The normalized spacial score (nSPS) is 11.5. The molecule has 0 atom stereocenters. The molecular formula is C25H23N3O6S. The Labute approximate surface area is 201 Å². The van der Waals surface area contributed by atoms with Crippen molar-refractivity contribution in [3.05, 3.63) is 98.7 Å². The minimum absolute atomic E-state index is 0.0453. The Morgan fingerprint density at radius 3 is 2.49 bits per heavy atom.